The lowest BCUT2D eigenvalue weighted by Crippen LogP contribution is -2.32. The topological polar surface area (TPSA) is 23.1 Å². The fourth-order valence-electron chi connectivity index (χ4n) is 2.53. The highest BCUT2D eigenvalue weighted by Crippen LogP contribution is 2.13. The molecule has 2 nitrogen and oxygen atoms in total. The van der Waals surface area contributed by atoms with Gasteiger partial charge in [0, 0.05) is 0 Å². The van der Waals surface area contributed by atoms with Crippen LogP contribution >= 0.6 is 0 Å². The fraction of sp³-hybridized carbons (Fsp3) is 1.00. The summed E-state index contributed by atoms with van der Waals surface area (Å²) in [5.41, 5.74) is 0. The van der Waals surface area contributed by atoms with Crippen LogP contribution in [0, 0.1) is 5.21 Å². The van der Waals surface area contributed by atoms with Crippen LogP contribution in [0.4, 0.5) is 0 Å². The molecule has 0 rings (SSSR count). The zero-order valence-corrected chi connectivity index (χ0v) is 13.5. The standard InChI is InChI=1S/C18H39NO/c1-4-5-6-7-8-9-10-11-12-13-14-15-16-17-18-19(2,3)20/h4-18H2,1-3H3/i2D3,3D3. The van der Waals surface area contributed by atoms with Gasteiger partial charge in [-0.25, -0.2) is 0 Å². The molecular formula is C18H39NO. The zero-order valence-electron chi connectivity index (χ0n) is 19.5. The first-order chi connectivity index (χ1) is 12.1. The van der Waals surface area contributed by atoms with Crippen LogP contribution in [0.1, 0.15) is 105 Å². The SMILES string of the molecule is [2H]C([2H])([2H])[N+]([O-])(CCCCCCCCCCCCCCCC)C([2H])([2H])[2H]. The van der Waals surface area contributed by atoms with Gasteiger partial charge in [-0.05, 0) is 12.8 Å². The van der Waals surface area contributed by atoms with Gasteiger partial charge in [-0.2, -0.15) is 0 Å². The Hall–Kier alpha value is -0.0800. The van der Waals surface area contributed by atoms with Crippen molar-refractivity contribution >= 4 is 0 Å². The molecule has 0 heterocycles. The quantitative estimate of drug-likeness (QED) is 0.205. The van der Waals surface area contributed by atoms with Gasteiger partial charge >= 0.3 is 0 Å². The minimum Gasteiger partial charge on any atom is -0.633 e. The number of unbranched alkanes of at least 4 members (excludes halogenated alkanes) is 13. The number of quaternary nitrogens is 1. The highest BCUT2D eigenvalue weighted by Gasteiger charge is 2.00. The predicted molar refractivity (Wildman–Crippen MR) is 90.7 cm³/mol. The molecule has 0 N–H and O–H groups in total. The molecular weight excluding hydrogens is 246 g/mol. The lowest BCUT2D eigenvalue weighted by Gasteiger charge is -2.33. The Balaban J connectivity index is 3.64. The summed E-state index contributed by atoms with van der Waals surface area (Å²) < 4.78 is 41.4. The van der Waals surface area contributed by atoms with Gasteiger partial charge < -0.3 is 9.85 Å². The highest BCUT2D eigenvalue weighted by molar-refractivity contribution is 4.49. The van der Waals surface area contributed by atoms with Gasteiger partial charge in [-0.1, -0.05) is 84.0 Å². The molecule has 0 fully saturated rings. The number of nitrogens with zero attached hydrogens (tertiary/aromatic N) is 1. The second kappa shape index (κ2) is 13.9. The van der Waals surface area contributed by atoms with Crippen molar-refractivity contribution < 1.29 is 12.9 Å². The van der Waals surface area contributed by atoms with Crippen LogP contribution in [0.5, 0.6) is 0 Å². The summed E-state index contributed by atoms with van der Waals surface area (Å²) in [6.07, 6.45) is 16.1. The van der Waals surface area contributed by atoms with Crippen LogP contribution in [-0.4, -0.2) is 25.1 Å². The van der Waals surface area contributed by atoms with Crippen molar-refractivity contribution in [3.63, 3.8) is 0 Å². The van der Waals surface area contributed by atoms with Crippen LogP contribution < -0.4 is 0 Å². The largest absolute Gasteiger partial charge is 0.633 e. The average Bonchev–Trinajstić information content (AvgIpc) is 2.52. The Bertz CT molecular complexity index is 330. The molecule has 0 unspecified atom stereocenters. The van der Waals surface area contributed by atoms with E-state index >= 15 is 0 Å². The van der Waals surface area contributed by atoms with Crippen LogP contribution in [-0.2, 0) is 0 Å². The summed E-state index contributed by atoms with van der Waals surface area (Å²) in [6, 6.07) is 0. The van der Waals surface area contributed by atoms with Crippen LogP contribution in [0.2, 0.25) is 0 Å². The molecule has 0 saturated carbocycles. The maximum absolute atomic E-state index is 12.3. The summed E-state index contributed by atoms with van der Waals surface area (Å²) in [6.45, 7) is -4.24. The molecule has 0 radical (unpaired) electrons. The van der Waals surface area contributed by atoms with Gasteiger partial charge in [0.1, 0.15) is 0 Å². The maximum Gasteiger partial charge on any atom is 0.0890 e. The molecule has 122 valence electrons. The Labute approximate surface area is 136 Å². The molecule has 20 heavy (non-hydrogen) atoms. The molecule has 0 spiro atoms. The first-order valence-corrected chi connectivity index (χ1v) is 8.65. The van der Waals surface area contributed by atoms with Crippen molar-refractivity contribution in [2.45, 2.75) is 96.8 Å². The molecule has 0 aromatic heterocycles. The van der Waals surface area contributed by atoms with E-state index in [2.05, 4.69) is 6.92 Å². The average molecular weight is 292 g/mol. The normalized spacial score (nSPS) is 17.7. The first-order valence-electron chi connectivity index (χ1n) is 11.7. The molecule has 0 aromatic rings. The third-order valence-corrected chi connectivity index (χ3v) is 3.83. The molecule has 0 aliphatic carbocycles. The summed E-state index contributed by atoms with van der Waals surface area (Å²) in [7, 11) is 0. The highest BCUT2D eigenvalue weighted by atomic mass is 16.5. The molecule has 0 aliphatic rings. The summed E-state index contributed by atoms with van der Waals surface area (Å²) in [5.74, 6) is 0. The minimum atomic E-state index is -3.05. The number of hydrogen-bond donors (Lipinski definition) is 0. The first kappa shape index (κ1) is 11.5. The van der Waals surface area contributed by atoms with Crippen molar-refractivity contribution in [2.24, 2.45) is 0 Å². The van der Waals surface area contributed by atoms with E-state index in [1.54, 1.807) is 0 Å². The second-order valence-electron chi connectivity index (χ2n) is 6.06. The zero-order chi connectivity index (χ0) is 20.1. The third-order valence-electron chi connectivity index (χ3n) is 3.83. The van der Waals surface area contributed by atoms with Gasteiger partial charge in [-0.15, -0.1) is 0 Å². The van der Waals surface area contributed by atoms with E-state index in [0.717, 1.165) is 19.3 Å². The lowest BCUT2D eigenvalue weighted by atomic mass is 10.0. The Kier molecular flexibility index (Phi) is 7.97. The van der Waals surface area contributed by atoms with Crippen molar-refractivity contribution in [1.29, 1.82) is 0 Å². The fourth-order valence-corrected chi connectivity index (χ4v) is 2.53. The summed E-state index contributed by atoms with van der Waals surface area (Å²) in [4.78, 5) is 0. The molecule has 0 aliphatic heterocycles. The molecule has 2 heteroatoms. The summed E-state index contributed by atoms with van der Waals surface area (Å²) in [5, 5.41) is 12.3. The van der Waals surface area contributed by atoms with Crippen molar-refractivity contribution in [3.8, 4) is 0 Å². The number of rotatable bonds is 15. The Morgan fingerprint density at radius 2 is 1.00 bits per heavy atom. The Morgan fingerprint density at radius 3 is 1.35 bits per heavy atom. The van der Waals surface area contributed by atoms with Crippen LogP contribution in [0.25, 0.3) is 0 Å². The van der Waals surface area contributed by atoms with E-state index in [0.29, 0.717) is 12.8 Å². The van der Waals surface area contributed by atoms with Crippen LogP contribution in [0.15, 0.2) is 0 Å². The molecule has 0 saturated heterocycles. The van der Waals surface area contributed by atoms with Crippen molar-refractivity contribution in [3.05, 3.63) is 5.21 Å². The third kappa shape index (κ3) is 17.9. The van der Waals surface area contributed by atoms with Crippen molar-refractivity contribution in [1.82, 2.24) is 0 Å². The van der Waals surface area contributed by atoms with Gasteiger partial charge in [0.25, 0.3) is 0 Å². The number of hydrogen-bond acceptors (Lipinski definition) is 1. The predicted octanol–water partition coefficient (Wildman–Crippen LogP) is 6.04. The van der Waals surface area contributed by atoms with E-state index in [1.807, 2.05) is 0 Å². The summed E-state index contributed by atoms with van der Waals surface area (Å²) >= 11 is 0. The van der Waals surface area contributed by atoms with E-state index in [1.165, 1.54) is 57.8 Å². The van der Waals surface area contributed by atoms with E-state index in [9.17, 15) is 5.21 Å². The lowest BCUT2D eigenvalue weighted by molar-refractivity contribution is -0.840. The van der Waals surface area contributed by atoms with Crippen molar-refractivity contribution in [2.75, 3.05) is 20.5 Å². The van der Waals surface area contributed by atoms with Gasteiger partial charge in [0.2, 0.25) is 0 Å². The molecule has 0 aromatic carbocycles. The molecule has 0 bridgehead atoms. The molecule has 0 atom stereocenters. The van der Waals surface area contributed by atoms with E-state index in [4.69, 9.17) is 8.22 Å². The van der Waals surface area contributed by atoms with E-state index in [-0.39, 0.29) is 6.54 Å². The van der Waals surface area contributed by atoms with Gasteiger partial charge in [0.15, 0.2) is 0 Å². The van der Waals surface area contributed by atoms with E-state index < -0.39 is 18.6 Å². The van der Waals surface area contributed by atoms with Gasteiger partial charge in [0.05, 0.1) is 28.7 Å². The Morgan fingerprint density at radius 1 is 0.650 bits per heavy atom. The smallest absolute Gasteiger partial charge is 0.0890 e. The van der Waals surface area contributed by atoms with Gasteiger partial charge in [-0.3, -0.25) is 0 Å². The minimum absolute atomic E-state index is 0.345. The molecule has 0 amide bonds. The second-order valence-corrected chi connectivity index (χ2v) is 6.06. The van der Waals surface area contributed by atoms with Crippen LogP contribution in [0.3, 0.4) is 0 Å². The monoisotopic (exact) mass is 291 g/mol. The number of hydroxylamine groups is 3. The maximum atomic E-state index is 12.3.